The fourth-order valence-corrected chi connectivity index (χ4v) is 3.93. The van der Waals surface area contributed by atoms with Gasteiger partial charge in [-0.05, 0) is 58.6 Å². The molecule has 0 aliphatic carbocycles. The number of fused-ring (bicyclic) bond motifs is 3. The lowest BCUT2D eigenvalue weighted by Gasteiger charge is -2.27. The highest BCUT2D eigenvalue weighted by Gasteiger charge is 2.17. The summed E-state index contributed by atoms with van der Waals surface area (Å²) in [5.74, 6) is -0.235. The fourth-order valence-electron chi connectivity index (χ4n) is 3.93. The van der Waals surface area contributed by atoms with Crippen LogP contribution < -0.4 is 10.4 Å². The van der Waals surface area contributed by atoms with Crippen LogP contribution in [0.1, 0.15) is 0 Å². The molecular formula is C26H19BFN. The Labute approximate surface area is 170 Å². The minimum atomic E-state index is -0.235. The summed E-state index contributed by atoms with van der Waals surface area (Å²) in [7, 11) is 2.08. The summed E-state index contributed by atoms with van der Waals surface area (Å²) in [5, 5.41) is 4.78. The van der Waals surface area contributed by atoms with E-state index in [4.69, 9.17) is 0 Å². The molecule has 0 saturated carbocycles. The first-order valence-corrected chi connectivity index (χ1v) is 9.73. The predicted molar refractivity (Wildman–Crippen MR) is 124 cm³/mol. The molecule has 5 rings (SSSR count). The maximum atomic E-state index is 13.7. The second kappa shape index (κ2) is 7.10. The normalized spacial score (nSPS) is 11.1. The van der Waals surface area contributed by atoms with Crippen molar-refractivity contribution >= 4 is 51.9 Å². The quantitative estimate of drug-likeness (QED) is 0.282. The third-order valence-corrected chi connectivity index (χ3v) is 5.36. The van der Waals surface area contributed by atoms with Crippen LogP contribution in [0.15, 0.2) is 103 Å². The molecule has 1 nitrogen and oxygen atoms in total. The molecule has 0 saturated heterocycles. The third-order valence-electron chi connectivity index (χ3n) is 5.36. The first-order chi connectivity index (χ1) is 14.2. The van der Waals surface area contributed by atoms with Crippen LogP contribution in [-0.2, 0) is 0 Å². The minimum absolute atomic E-state index is 0.235. The van der Waals surface area contributed by atoms with Crippen molar-refractivity contribution in [3.63, 3.8) is 0 Å². The van der Waals surface area contributed by atoms with E-state index in [0.717, 1.165) is 22.4 Å². The third kappa shape index (κ3) is 3.15. The van der Waals surface area contributed by atoms with E-state index in [-0.39, 0.29) is 5.82 Å². The van der Waals surface area contributed by atoms with Crippen LogP contribution in [0.2, 0.25) is 0 Å². The first kappa shape index (κ1) is 17.5. The van der Waals surface area contributed by atoms with Gasteiger partial charge in [0.25, 0.3) is 0 Å². The molecule has 0 aliphatic rings. The Morgan fingerprint density at radius 2 is 1.14 bits per heavy atom. The molecule has 0 aromatic heterocycles. The molecule has 0 heterocycles. The van der Waals surface area contributed by atoms with Gasteiger partial charge in [-0.15, -0.1) is 0 Å². The van der Waals surface area contributed by atoms with Crippen molar-refractivity contribution in [2.45, 2.75) is 0 Å². The van der Waals surface area contributed by atoms with Gasteiger partial charge in [-0.25, -0.2) is 4.39 Å². The molecular weight excluding hydrogens is 356 g/mol. The van der Waals surface area contributed by atoms with Gasteiger partial charge in [-0.1, -0.05) is 66.1 Å². The van der Waals surface area contributed by atoms with Crippen LogP contribution in [0.3, 0.4) is 0 Å². The molecule has 5 aromatic rings. The summed E-state index contributed by atoms with van der Waals surface area (Å²) in [4.78, 5) is 2.20. The largest absolute Gasteiger partial charge is 0.310 e. The summed E-state index contributed by atoms with van der Waals surface area (Å²) in [6.45, 7) is 0. The Balaban J connectivity index is 1.85. The Hall–Kier alpha value is -3.59. The lowest BCUT2D eigenvalue weighted by Crippen LogP contribution is -2.12. The van der Waals surface area contributed by atoms with Gasteiger partial charge in [-0.2, -0.15) is 0 Å². The molecule has 3 heteroatoms. The highest BCUT2D eigenvalue weighted by molar-refractivity contribution is 6.32. The van der Waals surface area contributed by atoms with E-state index in [9.17, 15) is 4.39 Å². The molecule has 29 heavy (non-hydrogen) atoms. The fraction of sp³-hybridized carbons (Fsp3) is 0. The molecule has 0 amide bonds. The van der Waals surface area contributed by atoms with Crippen LogP contribution in [0, 0.1) is 5.82 Å². The average molecular weight is 375 g/mol. The van der Waals surface area contributed by atoms with E-state index in [2.05, 4.69) is 91.6 Å². The highest BCUT2D eigenvalue weighted by atomic mass is 19.1. The molecule has 0 radical (unpaired) electrons. The first-order valence-electron chi connectivity index (χ1n) is 9.73. The topological polar surface area (TPSA) is 3.24 Å². The zero-order valence-corrected chi connectivity index (χ0v) is 16.1. The van der Waals surface area contributed by atoms with Gasteiger partial charge in [0, 0.05) is 16.8 Å². The highest BCUT2D eigenvalue weighted by Crippen LogP contribution is 2.41. The van der Waals surface area contributed by atoms with Gasteiger partial charge in [0.05, 0.1) is 5.69 Å². The Morgan fingerprint density at radius 1 is 0.586 bits per heavy atom. The monoisotopic (exact) mass is 375 g/mol. The van der Waals surface area contributed by atoms with Crippen LogP contribution in [0.4, 0.5) is 21.5 Å². The summed E-state index contributed by atoms with van der Waals surface area (Å²) in [6, 6.07) is 34.3. The van der Waals surface area contributed by atoms with Gasteiger partial charge in [-0.3, -0.25) is 0 Å². The maximum absolute atomic E-state index is 13.7. The van der Waals surface area contributed by atoms with Gasteiger partial charge < -0.3 is 4.90 Å². The molecule has 0 bridgehead atoms. The standard InChI is InChI=1S/C26H19BFN/c27-19-9-13-21(14-10-19)29(22-15-11-20(28)12-16-22)26-17-18-5-1-2-6-23(18)24-7-3-4-8-25(24)26/h1-17H,27H2. The second-order valence-electron chi connectivity index (χ2n) is 7.31. The lowest BCUT2D eigenvalue weighted by atomic mass is 9.95. The number of nitrogens with zero attached hydrogens (tertiary/aromatic N) is 1. The summed E-state index contributed by atoms with van der Waals surface area (Å²) in [5.41, 5.74) is 4.25. The minimum Gasteiger partial charge on any atom is -0.310 e. The lowest BCUT2D eigenvalue weighted by molar-refractivity contribution is 0.628. The van der Waals surface area contributed by atoms with Crippen molar-refractivity contribution < 1.29 is 4.39 Å². The van der Waals surface area contributed by atoms with E-state index >= 15 is 0 Å². The molecule has 0 spiro atoms. The summed E-state index contributed by atoms with van der Waals surface area (Å²) >= 11 is 0. The van der Waals surface area contributed by atoms with Crippen LogP contribution >= 0.6 is 0 Å². The van der Waals surface area contributed by atoms with Crippen molar-refractivity contribution in [3.05, 3.63) is 109 Å². The van der Waals surface area contributed by atoms with Gasteiger partial charge in [0.15, 0.2) is 0 Å². The van der Waals surface area contributed by atoms with Crippen molar-refractivity contribution in [3.8, 4) is 0 Å². The molecule has 0 atom stereocenters. The van der Waals surface area contributed by atoms with E-state index in [1.807, 2.05) is 12.1 Å². The van der Waals surface area contributed by atoms with Gasteiger partial charge >= 0.3 is 0 Å². The molecule has 5 aromatic carbocycles. The number of halogens is 1. The Morgan fingerprint density at radius 3 is 1.83 bits per heavy atom. The smallest absolute Gasteiger partial charge is 0.139 e. The van der Waals surface area contributed by atoms with E-state index < -0.39 is 0 Å². The second-order valence-corrected chi connectivity index (χ2v) is 7.31. The van der Waals surface area contributed by atoms with Crippen molar-refractivity contribution in [1.82, 2.24) is 0 Å². The SMILES string of the molecule is Bc1ccc(N(c2ccc(F)cc2)c2cc3ccccc3c3ccccc23)cc1. The van der Waals surface area contributed by atoms with Crippen molar-refractivity contribution in [1.29, 1.82) is 0 Å². The van der Waals surface area contributed by atoms with Crippen LogP contribution in [0.25, 0.3) is 21.5 Å². The maximum Gasteiger partial charge on any atom is 0.139 e. The van der Waals surface area contributed by atoms with E-state index in [1.165, 1.54) is 33.8 Å². The number of benzene rings is 5. The number of hydrogen-bond donors (Lipinski definition) is 0. The molecule has 138 valence electrons. The molecule has 0 fully saturated rings. The number of hydrogen-bond acceptors (Lipinski definition) is 1. The average Bonchev–Trinajstić information content (AvgIpc) is 2.76. The van der Waals surface area contributed by atoms with Gasteiger partial charge in [0.1, 0.15) is 13.7 Å². The van der Waals surface area contributed by atoms with E-state index in [1.54, 1.807) is 0 Å². The predicted octanol–water partition coefficient (Wildman–Crippen LogP) is 5.86. The number of anilines is 3. The summed E-state index contributed by atoms with van der Waals surface area (Å²) < 4.78 is 13.7. The molecule has 0 aliphatic heterocycles. The zero-order valence-electron chi connectivity index (χ0n) is 16.1. The van der Waals surface area contributed by atoms with Gasteiger partial charge in [0.2, 0.25) is 0 Å². The Bertz CT molecular complexity index is 1270. The zero-order chi connectivity index (χ0) is 19.8. The van der Waals surface area contributed by atoms with Crippen molar-refractivity contribution in [2.24, 2.45) is 0 Å². The van der Waals surface area contributed by atoms with E-state index in [0.29, 0.717) is 0 Å². The Kier molecular flexibility index (Phi) is 4.29. The van der Waals surface area contributed by atoms with Crippen molar-refractivity contribution in [2.75, 3.05) is 4.90 Å². The molecule has 0 N–H and O–H groups in total. The van der Waals surface area contributed by atoms with Crippen LogP contribution in [-0.4, -0.2) is 7.85 Å². The summed E-state index contributed by atoms with van der Waals surface area (Å²) in [6.07, 6.45) is 0. The number of rotatable bonds is 3. The van der Waals surface area contributed by atoms with Crippen LogP contribution in [0.5, 0.6) is 0 Å². The molecule has 0 unspecified atom stereocenters.